The largest absolute Gasteiger partial charge is 0.392 e. The van der Waals surface area contributed by atoms with Crippen LogP contribution < -0.4 is 15.8 Å². The van der Waals surface area contributed by atoms with Crippen LogP contribution in [0, 0.1) is 11.3 Å². The van der Waals surface area contributed by atoms with Crippen LogP contribution in [0.3, 0.4) is 0 Å². The second-order valence-electron chi connectivity index (χ2n) is 10.6. The number of hydrogen-bond acceptors (Lipinski definition) is 7. The van der Waals surface area contributed by atoms with Crippen molar-refractivity contribution in [1.29, 1.82) is 5.26 Å². The van der Waals surface area contributed by atoms with Crippen LogP contribution in [0.25, 0.3) is 11.3 Å². The van der Waals surface area contributed by atoms with E-state index in [1.165, 1.54) is 23.2 Å². The number of halogens is 2. The van der Waals surface area contributed by atoms with Crippen molar-refractivity contribution in [1.82, 2.24) is 19.3 Å². The number of aryl methyl sites for hydroxylation is 1. The van der Waals surface area contributed by atoms with Crippen molar-refractivity contribution in [3.63, 3.8) is 0 Å². The number of aromatic nitrogens is 4. The lowest BCUT2D eigenvalue weighted by atomic mass is 9.83. The molecule has 3 heterocycles. The first kappa shape index (κ1) is 28.6. The van der Waals surface area contributed by atoms with Gasteiger partial charge in [-0.1, -0.05) is 24.3 Å². The molecule has 12 heteroatoms. The molecule has 1 aliphatic heterocycles. The number of fused-ring (bicyclic) bond motifs is 1. The van der Waals surface area contributed by atoms with Crippen LogP contribution in [0.5, 0.6) is 0 Å². The second kappa shape index (κ2) is 11.2. The first-order valence-electron chi connectivity index (χ1n) is 13.3. The number of nitrogens with one attached hydrogen (secondary N) is 1. The van der Waals surface area contributed by atoms with Crippen molar-refractivity contribution >= 4 is 23.1 Å². The fourth-order valence-corrected chi connectivity index (χ4v) is 5.03. The molecule has 0 fully saturated rings. The van der Waals surface area contributed by atoms with E-state index in [0.29, 0.717) is 46.7 Å². The Labute approximate surface area is 240 Å². The molecular formula is C30H29F2N7O3. The van der Waals surface area contributed by atoms with E-state index >= 15 is 0 Å². The summed E-state index contributed by atoms with van der Waals surface area (Å²) in [6.45, 7) is 3.05. The predicted molar refractivity (Wildman–Crippen MR) is 153 cm³/mol. The van der Waals surface area contributed by atoms with Crippen molar-refractivity contribution in [2.75, 3.05) is 16.8 Å². The van der Waals surface area contributed by atoms with E-state index in [-0.39, 0.29) is 11.7 Å². The number of aliphatic hydroxyl groups excluding tert-OH is 1. The van der Waals surface area contributed by atoms with Gasteiger partial charge in [0.1, 0.15) is 6.54 Å². The van der Waals surface area contributed by atoms with Crippen LogP contribution in [0.2, 0.25) is 0 Å². The molecule has 1 aliphatic rings. The Hall–Kier alpha value is -4.89. The third-order valence-electron chi connectivity index (χ3n) is 7.36. The average Bonchev–Trinajstić information content (AvgIpc) is 3.40. The summed E-state index contributed by atoms with van der Waals surface area (Å²) in [6, 6.07) is 13.0. The van der Waals surface area contributed by atoms with Crippen LogP contribution in [0.4, 0.5) is 26.0 Å². The lowest BCUT2D eigenvalue weighted by Gasteiger charge is -2.31. The monoisotopic (exact) mass is 573 g/mol. The molecule has 4 aromatic rings. The average molecular weight is 574 g/mol. The third kappa shape index (κ3) is 5.38. The SMILES string of the molecule is Cn1cc(-c2cccc(N3CCc4cc(C(C)(C)C#N)ccc4C3=O)c2CO)nc(Nc2cnn(CC(F)F)c2)c1=O. The molecule has 0 radical (unpaired) electrons. The number of aliphatic hydroxyl groups is 1. The lowest BCUT2D eigenvalue weighted by molar-refractivity contribution is 0.0980. The minimum Gasteiger partial charge on any atom is -0.392 e. The van der Waals surface area contributed by atoms with Crippen LogP contribution >= 0.6 is 0 Å². The maximum absolute atomic E-state index is 13.6. The molecule has 0 saturated carbocycles. The van der Waals surface area contributed by atoms with Gasteiger partial charge < -0.3 is 19.9 Å². The van der Waals surface area contributed by atoms with E-state index in [1.54, 1.807) is 42.3 Å². The summed E-state index contributed by atoms with van der Waals surface area (Å²) in [4.78, 5) is 32.6. The highest BCUT2D eigenvalue weighted by Crippen LogP contribution is 2.35. The normalized spacial score (nSPS) is 13.3. The molecule has 1 amide bonds. The van der Waals surface area contributed by atoms with Gasteiger partial charge in [0, 0.05) is 42.7 Å². The number of hydrogen-bond donors (Lipinski definition) is 2. The fraction of sp³-hybridized carbons (Fsp3) is 0.300. The van der Waals surface area contributed by atoms with Gasteiger partial charge in [-0.25, -0.2) is 13.8 Å². The summed E-state index contributed by atoms with van der Waals surface area (Å²) in [7, 11) is 1.55. The van der Waals surface area contributed by atoms with Gasteiger partial charge in [0.15, 0.2) is 5.82 Å². The molecular weight excluding hydrogens is 544 g/mol. The Bertz CT molecular complexity index is 1770. The first-order chi connectivity index (χ1) is 20.0. The van der Waals surface area contributed by atoms with Gasteiger partial charge in [-0.3, -0.25) is 14.3 Å². The molecule has 0 aliphatic carbocycles. The van der Waals surface area contributed by atoms with Gasteiger partial charge in [-0.05, 0) is 43.5 Å². The summed E-state index contributed by atoms with van der Waals surface area (Å²) in [5.41, 5.74) is 3.27. The van der Waals surface area contributed by atoms with Gasteiger partial charge >= 0.3 is 0 Å². The maximum atomic E-state index is 13.6. The van der Waals surface area contributed by atoms with Crippen LogP contribution in [-0.4, -0.2) is 43.3 Å². The maximum Gasteiger partial charge on any atom is 0.293 e. The van der Waals surface area contributed by atoms with E-state index in [9.17, 15) is 28.7 Å². The number of rotatable bonds is 8. The van der Waals surface area contributed by atoms with Gasteiger partial charge in [0.05, 0.1) is 41.4 Å². The zero-order valence-corrected chi connectivity index (χ0v) is 23.3. The highest BCUT2D eigenvalue weighted by Gasteiger charge is 2.30. The molecule has 2 aromatic heterocycles. The predicted octanol–water partition coefficient (Wildman–Crippen LogP) is 4.15. The smallest absolute Gasteiger partial charge is 0.293 e. The number of anilines is 3. The number of carbonyl (C=O) groups is 1. The van der Waals surface area contributed by atoms with Gasteiger partial charge in [0.25, 0.3) is 17.9 Å². The minimum absolute atomic E-state index is 0.0556. The Morgan fingerprint density at radius 2 is 1.95 bits per heavy atom. The fourth-order valence-electron chi connectivity index (χ4n) is 5.03. The topological polar surface area (TPSA) is 129 Å². The summed E-state index contributed by atoms with van der Waals surface area (Å²) in [6.07, 6.45) is 2.18. The molecule has 216 valence electrons. The van der Waals surface area contributed by atoms with Crippen molar-refractivity contribution in [2.45, 2.75) is 45.3 Å². The minimum atomic E-state index is -2.58. The van der Waals surface area contributed by atoms with Crippen LogP contribution in [0.15, 0.2) is 59.8 Å². The van der Waals surface area contributed by atoms with E-state index in [2.05, 4.69) is 21.5 Å². The van der Waals surface area contributed by atoms with E-state index in [1.807, 2.05) is 19.9 Å². The quantitative estimate of drug-likeness (QED) is 0.324. The molecule has 42 heavy (non-hydrogen) atoms. The first-order valence-corrected chi connectivity index (χ1v) is 13.3. The van der Waals surface area contributed by atoms with Gasteiger partial charge in [-0.2, -0.15) is 10.4 Å². The molecule has 2 aromatic carbocycles. The summed E-state index contributed by atoms with van der Waals surface area (Å²) < 4.78 is 27.8. The molecule has 0 saturated heterocycles. The Kier molecular flexibility index (Phi) is 7.62. The standard InChI is InChI=1S/C30H29F2N7O3/c1-30(2,17-33)19-7-8-21-18(11-19)9-10-39(28(21)41)25-6-4-5-22(23(25)16-40)24-14-37(3)29(42)27(36-24)35-20-12-34-38(13-20)15-26(31)32/h4-8,11-14,26,40H,9-10,15-16H2,1-3H3,(H,35,36). The number of amides is 1. The third-order valence-corrected chi connectivity index (χ3v) is 7.36. The Morgan fingerprint density at radius 3 is 2.67 bits per heavy atom. The van der Waals surface area contributed by atoms with Crippen LogP contribution in [0.1, 0.15) is 40.9 Å². The molecule has 5 rings (SSSR count). The summed E-state index contributed by atoms with van der Waals surface area (Å²) in [5.74, 6) is -0.277. The van der Waals surface area contributed by atoms with E-state index in [0.717, 1.165) is 15.8 Å². The van der Waals surface area contributed by atoms with Crippen LogP contribution in [-0.2, 0) is 32.0 Å². The Balaban J connectivity index is 1.50. The number of alkyl halides is 2. The highest BCUT2D eigenvalue weighted by atomic mass is 19.3. The van der Waals surface area contributed by atoms with Crippen molar-refractivity contribution in [2.24, 2.45) is 7.05 Å². The molecule has 0 atom stereocenters. The van der Waals surface area contributed by atoms with Gasteiger partial charge in [0.2, 0.25) is 0 Å². The summed E-state index contributed by atoms with van der Waals surface area (Å²) >= 11 is 0. The number of benzene rings is 2. The number of nitriles is 1. The van der Waals surface area contributed by atoms with Crippen molar-refractivity contribution < 1.29 is 18.7 Å². The lowest BCUT2D eigenvalue weighted by Crippen LogP contribution is -2.38. The Morgan fingerprint density at radius 1 is 1.17 bits per heavy atom. The zero-order chi connectivity index (χ0) is 30.2. The molecule has 0 spiro atoms. The van der Waals surface area contributed by atoms with Crippen molar-refractivity contribution in [3.8, 4) is 17.3 Å². The number of carbonyl (C=O) groups excluding carboxylic acids is 1. The van der Waals surface area contributed by atoms with E-state index < -0.39 is 30.6 Å². The molecule has 10 nitrogen and oxygen atoms in total. The van der Waals surface area contributed by atoms with Crippen molar-refractivity contribution in [3.05, 3.63) is 87.6 Å². The zero-order valence-electron chi connectivity index (χ0n) is 23.3. The number of nitrogens with zero attached hydrogens (tertiary/aromatic N) is 6. The summed E-state index contributed by atoms with van der Waals surface area (Å²) in [5, 5.41) is 26.7. The van der Waals surface area contributed by atoms with E-state index in [4.69, 9.17) is 0 Å². The second-order valence-corrected chi connectivity index (χ2v) is 10.6. The highest BCUT2D eigenvalue weighted by molar-refractivity contribution is 6.09. The van der Waals surface area contributed by atoms with Gasteiger partial charge in [-0.15, -0.1) is 0 Å². The molecule has 2 N–H and O–H groups in total. The molecule has 0 bridgehead atoms. The molecule has 0 unspecified atom stereocenters.